The number of amides is 4. The van der Waals surface area contributed by atoms with Gasteiger partial charge in [-0.3, -0.25) is 28.9 Å². The average Bonchev–Trinajstić information content (AvgIpc) is 4.13. The maximum absolute atomic E-state index is 14.7. The maximum atomic E-state index is 14.7. The lowest BCUT2D eigenvalue weighted by Crippen LogP contribution is -2.58. The Morgan fingerprint density at radius 1 is 1.00 bits per heavy atom. The van der Waals surface area contributed by atoms with E-state index >= 15 is 0 Å². The van der Waals surface area contributed by atoms with Crippen LogP contribution in [0.4, 0.5) is 0 Å². The van der Waals surface area contributed by atoms with Crippen LogP contribution in [0.2, 0.25) is 0 Å². The van der Waals surface area contributed by atoms with Crippen molar-refractivity contribution < 1.29 is 32.3 Å². The van der Waals surface area contributed by atoms with Gasteiger partial charge in [0.15, 0.2) is 0 Å². The van der Waals surface area contributed by atoms with Crippen molar-refractivity contribution in [2.24, 2.45) is 5.92 Å². The van der Waals surface area contributed by atoms with E-state index in [9.17, 15) is 27.6 Å². The van der Waals surface area contributed by atoms with Crippen molar-refractivity contribution in [3.63, 3.8) is 0 Å². The molecule has 3 fully saturated rings. The fourth-order valence-corrected chi connectivity index (χ4v) is 8.85. The number of carbonyl (C=O) groups excluding carboxylic acids is 4. The Morgan fingerprint density at radius 2 is 1.73 bits per heavy atom. The molecule has 0 radical (unpaired) electrons. The van der Waals surface area contributed by atoms with Crippen LogP contribution in [0.3, 0.4) is 0 Å². The fourth-order valence-electron chi connectivity index (χ4n) is 7.49. The fraction of sp³-hybridized carbons (Fsp3) is 0.439. The van der Waals surface area contributed by atoms with Gasteiger partial charge in [-0.25, -0.2) is 18.4 Å². The summed E-state index contributed by atoms with van der Waals surface area (Å²) in [4.78, 5) is 70.7. The number of para-hydroxylation sites is 1. The van der Waals surface area contributed by atoms with Crippen LogP contribution in [0, 0.1) is 12.8 Å². The second-order valence-electron chi connectivity index (χ2n) is 15.1. The zero-order valence-electron chi connectivity index (χ0n) is 31.6. The first-order chi connectivity index (χ1) is 26.9. The standard InChI is InChI=1S/C41H47N7O7S/c1-4-6-7-8-17-33(44-36(49)34-23-42-25(3)22-43-34)39(51)48-24-27(55-38-31-15-10-9-13-29(31)30-14-11-12-16-32(30)45-38)20-35(48)37(50)46-41(21-26(41)5-2)40(52)47-56(53,54)28-18-19-28/h5,9-16,22-23,26-28,33,35H,2,4,6-8,17-21,24H2,1,3H3,(H,44,49)(H,46,50)(H,47,52)/t26-,27-,33+,35+,41-/m1/s1. The number of likely N-dealkylation sites (tertiary alicyclic amines) is 1. The number of hydrogen-bond acceptors (Lipinski definition) is 10. The number of fused-ring (bicyclic) bond motifs is 3. The summed E-state index contributed by atoms with van der Waals surface area (Å²) in [7, 11) is -3.90. The molecule has 1 saturated heterocycles. The third-order valence-corrected chi connectivity index (χ3v) is 12.7. The summed E-state index contributed by atoms with van der Waals surface area (Å²) in [6, 6.07) is 13.3. The Bertz CT molecular complexity index is 2280. The largest absolute Gasteiger partial charge is 0.472 e. The van der Waals surface area contributed by atoms with E-state index in [1.165, 1.54) is 23.4 Å². The molecule has 3 N–H and O–H groups in total. The predicted molar refractivity (Wildman–Crippen MR) is 210 cm³/mol. The monoisotopic (exact) mass is 781 g/mol. The highest BCUT2D eigenvalue weighted by Crippen LogP contribution is 2.45. The molecule has 0 unspecified atom stereocenters. The number of hydrogen-bond donors (Lipinski definition) is 3. The topological polar surface area (TPSA) is 190 Å². The summed E-state index contributed by atoms with van der Waals surface area (Å²) in [6.45, 7) is 7.60. The molecule has 2 aromatic carbocycles. The van der Waals surface area contributed by atoms with E-state index in [1.54, 1.807) is 6.92 Å². The van der Waals surface area contributed by atoms with E-state index in [0.29, 0.717) is 42.8 Å². The molecule has 4 amide bonds. The Labute approximate surface area is 325 Å². The second-order valence-corrected chi connectivity index (χ2v) is 17.0. The zero-order valence-corrected chi connectivity index (χ0v) is 32.4. The number of pyridine rings is 1. The van der Waals surface area contributed by atoms with Gasteiger partial charge in [-0.1, -0.05) is 75.1 Å². The van der Waals surface area contributed by atoms with Gasteiger partial charge in [0.25, 0.3) is 11.8 Å². The van der Waals surface area contributed by atoms with Gasteiger partial charge < -0.3 is 20.3 Å². The minimum Gasteiger partial charge on any atom is -0.472 e. The highest BCUT2D eigenvalue weighted by Gasteiger charge is 2.62. The van der Waals surface area contributed by atoms with Gasteiger partial charge >= 0.3 is 0 Å². The third-order valence-electron chi connectivity index (χ3n) is 10.9. The molecule has 4 aromatic rings. The van der Waals surface area contributed by atoms with Gasteiger partial charge in [-0.05, 0) is 50.1 Å². The van der Waals surface area contributed by atoms with Crippen LogP contribution in [0.5, 0.6) is 5.88 Å². The van der Waals surface area contributed by atoms with Gasteiger partial charge in [-0.15, -0.1) is 6.58 Å². The number of nitrogens with one attached hydrogen (secondary N) is 3. The first-order valence-corrected chi connectivity index (χ1v) is 20.8. The van der Waals surface area contributed by atoms with E-state index in [1.807, 2.05) is 48.5 Å². The van der Waals surface area contributed by atoms with Crippen molar-refractivity contribution >= 4 is 55.3 Å². The van der Waals surface area contributed by atoms with Crippen molar-refractivity contribution in [1.29, 1.82) is 0 Å². The molecular formula is C41H47N7O7S. The summed E-state index contributed by atoms with van der Waals surface area (Å²) >= 11 is 0. The second kappa shape index (κ2) is 16.0. The molecule has 1 aliphatic heterocycles. The number of unbranched alkanes of at least 4 members (excludes halogenated alkanes) is 3. The number of sulfonamides is 1. The van der Waals surface area contributed by atoms with Gasteiger partial charge in [-0.2, -0.15) is 0 Å². The maximum Gasteiger partial charge on any atom is 0.272 e. The lowest BCUT2D eigenvalue weighted by atomic mass is 10.0. The molecule has 294 valence electrons. The number of aromatic nitrogens is 3. The number of benzene rings is 2. The van der Waals surface area contributed by atoms with E-state index in [4.69, 9.17) is 9.72 Å². The van der Waals surface area contributed by atoms with Gasteiger partial charge in [0.2, 0.25) is 27.7 Å². The van der Waals surface area contributed by atoms with Crippen LogP contribution in [-0.2, 0) is 24.4 Å². The summed E-state index contributed by atoms with van der Waals surface area (Å²) in [5.41, 5.74) is -0.159. The molecule has 3 aliphatic rings. The van der Waals surface area contributed by atoms with Gasteiger partial charge in [0.05, 0.1) is 29.2 Å². The summed E-state index contributed by atoms with van der Waals surface area (Å²) in [6.07, 6.45) is 8.42. The summed E-state index contributed by atoms with van der Waals surface area (Å²) in [5.74, 6) is -2.74. The third kappa shape index (κ3) is 8.08. The van der Waals surface area contributed by atoms with E-state index in [2.05, 4.69) is 38.8 Å². The number of nitrogens with zero attached hydrogens (tertiary/aromatic N) is 4. The van der Waals surface area contributed by atoms with E-state index < -0.39 is 68.5 Å². The molecule has 3 heterocycles. The molecule has 2 aromatic heterocycles. The average molecular weight is 782 g/mol. The van der Waals surface area contributed by atoms with Crippen molar-refractivity contribution in [3.05, 3.63) is 85.0 Å². The number of aryl methyl sites for hydroxylation is 1. The van der Waals surface area contributed by atoms with Gasteiger partial charge in [0, 0.05) is 29.3 Å². The molecule has 2 aliphatic carbocycles. The molecule has 0 spiro atoms. The lowest BCUT2D eigenvalue weighted by Gasteiger charge is -2.30. The van der Waals surface area contributed by atoms with Crippen LogP contribution in [0.25, 0.3) is 21.7 Å². The number of carbonyl (C=O) groups is 4. The van der Waals surface area contributed by atoms with E-state index in [-0.39, 0.29) is 25.1 Å². The minimum atomic E-state index is -3.90. The highest BCUT2D eigenvalue weighted by molar-refractivity contribution is 7.91. The van der Waals surface area contributed by atoms with Crippen molar-refractivity contribution in [2.45, 2.75) is 101 Å². The molecule has 14 nitrogen and oxygen atoms in total. The first kappa shape index (κ1) is 38.8. The smallest absolute Gasteiger partial charge is 0.272 e. The Morgan fingerprint density at radius 3 is 2.41 bits per heavy atom. The predicted octanol–water partition coefficient (Wildman–Crippen LogP) is 4.27. The molecule has 7 rings (SSSR count). The Hall–Kier alpha value is -5.44. The SMILES string of the molecule is C=C[C@@H]1C[C@]1(NC(=O)[C@@H]1C[C@@H](Oc2nc3ccccc3c3ccccc23)CN1C(=O)[C@H](CCCCCC)NC(=O)c1cnc(C)cn1)C(=O)NS(=O)(=O)C1CC1. The zero-order chi connectivity index (χ0) is 39.6. The minimum absolute atomic E-state index is 0.0223. The molecule has 56 heavy (non-hydrogen) atoms. The normalized spacial score (nSPS) is 22.3. The summed E-state index contributed by atoms with van der Waals surface area (Å²) in [5, 5.41) is 7.68. The summed E-state index contributed by atoms with van der Waals surface area (Å²) < 4.78 is 34.3. The lowest BCUT2D eigenvalue weighted by molar-refractivity contribution is -0.141. The van der Waals surface area contributed by atoms with Crippen LogP contribution >= 0.6 is 0 Å². The van der Waals surface area contributed by atoms with Crippen LogP contribution in [0.1, 0.15) is 80.9 Å². The van der Waals surface area contributed by atoms with Crippen molar-refractivity contribution in [3.8, 4) is 5.88 Å². The van der Waals surface area contributed by atoms with Crippen molar-refractivity contribution in [1.82, 2.24) is 35.2 Å². The van der Waals surface area contributed by atoms with Crippen LogP contribution < -0.4 is 20.1 Å². The molecular weight excluding hydrogens is 735 g/mol. The molecule has 15 heteroatoms. The van der Waals surface area contributed by atoms with Crippen LogP contribution in [0.15, 0.2) is 73.6 Å². The molecule has 0 bridgehead atoms. The molecule has 2 saturated carbocycles. The number of ether oxygens (including phenoxy) is 1. The van der Waals surface area contributed by atoms with Crippen molar-refractivity contribution in [2.75, 3.05) is 6.54 Å². The van der Waals surface area contributed by atoms with Gasteiger partial charge in [0.1, 0.15) is 29.4 Å². The number of rotatable bonds is 16. The quantitative estimate of drug-likeness (QED) is 0.0841. The molecule has 5 atom stereocenters. The first-order valence-electron chi connectivity index (χ1n) is 19.3. The van der Waals surface area contributed by atoms with Crippen LogP contribution in [-0.4, -0.2) is 87.4 Å². The highest BCUT2D eigenvalue weighted by atomic mass is 32.2. The Kier molecular flexibility index (Phi) is 11.1. The van der Waals surface area contributed by atoms with E-state index in [0.717, 1.165) is 35.4 Å². The Balaban J connectivity index is 1.19.